The average Bonchev–Trinajstić information content (AvgIpc) is 3.18. The maximum atomic E-state index is 14.4. The van der Waals surface area contributed by atoms with Gasteiger partial charge >= 0.3 is 12.2 Å². The van der Waals surface area contributed by atoms with Crippen LogP contribution in [0.1, 0.15) is 30.9 Å². The summed E-state index contributed by atoms with van der Waals surface area (Å²) in [5, 5.41) is 19.0. The fraction of sp³-hybridized carbons (Fsp3) is 0.286. The zero-order chi connectivity index (χ0) is 22.8. The highest BCUT2D eigenvalue weighted by Gasteiger charge is 2.37. The molecule has 1 aromatic heterocycles. The van der Waals surface area contributed by atoms with Crippen molar-refractivity contribution in [1.29, 1.82) is 0 Å². The van der Waals surface area contributed by atoms with E-state index in [0.717, 1.165) is 12.1 Å². The number of carboxylic acid groups (broad SMARTS) is 1. The molecule has 2 amide bonds. The number of likely N-dealkylation sites (tertiary alicyclic amines) is 1. The first kappa shape index (κ1) is 21.8. The molecule has 1 saturated heterocycles. The molecule has 168 valence electrons. The average molecular weight is 465 g/mol. The van der Waals surface area contributed by atoms with Gasteiger partial charge in [0.15, 0.2) is 0 Å². The zero-order valence-corrected chi connectivity index (χ0v) is 17.4. The van der Waals surface area contributed by atoms with Gasteiger partial charge in [0, 0.05) is 23.0 Å². The third-order valence-corrected chi connectivity index (χ3v) is 5.57. The summed E-state index contributed by atoms with van der Waals surface area (Å²) in [5.41, 5.74) is 0.515. The Bertz CT molecular complexity index is 1150. The van der Waals surface area contributed by atoms with Gasteiger partial charge in [0.2, 0.25) is 0 Å². The predicted octanol–water partition coefficient (Wildman–Crippen LogP) is 5.32. The molecule has 8 nitrogen and oxygen atoms in total. The molecule has 2 atom stereocenters. The molecule has 0 aliphatic carbocycles. The lowest BCUT2D eigenvalue weighted by atomic mass is 9.93. The second-order valence-electron chi connectivity index (χ2n) is 7.48. The molecule has 1 fully saturated rings. The summed E-state index contributed by atoms with van der Waals surface area (Å²) in [4.78, 5) is 25.6. The van der Waals surface area contributed by atoms with Gasteiger partial charge in [0.25, 0.3) is 0 Å². The molecule has 1 aliphatic heterocycles. The summed E-state index contributed by atoms with van der Waals surface area (Å²) in [6.45, 7) is 0.246. The zero-order valence-electron chi connectivity index (χ0n) is 16.6. The first-order valence-corrected chi connectivity index (χ1v) is 10.3. The molecule has 32 heavy (non-hydrogen) atoms. The highest BCUT2D eigenvalue weighted by atomic mass is 35.5. The lowest BCUT2D eigenvalue weighted by molar-refractivity contribution is 0.0177. The number of ether oxygens (including phenoxy) is 1. The number of piperidine rings is 1. The molecule has 4 rings (SSSR count). The van der Waals surface area contributed by atoms with Crippen LogP contribution in [0.25, 0.3) is 10.9 Å². The minimum Gasteiger partial charge on any atom is -0.465 e. The quantitative estimate of drug-likeness (QED) is 0.484. The van der Waals surface area contributed by atoms with E-state index in [4.69, 9.17) is 16.3 Å². The van der Waals surface area contributed by atoms with Crippen LogP contribution in [-0.2, 0) is 4.74 Å². The standard InChI is InChI=1S/C21H19ClF2N4O4/c22-13-5-11(6-14(23)8-13)19(18-3-1-2-4-28(18)21(30)31)32-20(29)26-17-7-12-10-25-27-16(12)9-15(17)24/h5-10,18-19H,1-4H2,(H,25,27)(H,26,29)(H,30,31). The van der Waals surface area contributed by atoms with Crippen molar-refractivity contribution in [3.8, 4) is 0 Å². The van der Waals surface area contributed by atoms with Crippen molar-refractivity contribution in [1.82, 2.24) is 15.1 Å². The summed E-state index contributed by atoms with van der Waals surface area (Å²) in [6.07, 6.45) is -0.133. The number of rotatable bonds is 4. The molecular weight excluding hydrogens is 446 g/mol. The van der Waals surface area contributed by atoms with E-state index in [-0.39, 0.29) is 22.8 Å². The van der Waals surface area contributed by atoms with Crippen LogP contribution in [0, 0.1) is 11.6 Å². The molecule has 3 aromatic rings. The fourth-order valence-corrected chi connectivity index (χ4v) is 4.16. The van der Waals surface area contributed by atoms with Crippen LogP contribution in [0.4, 0.5) is 24.1 Å². The number of nitrogens with zero attached hydrogens (tertiary/aromatic N) is 2. The van der Waals surface area contributed by atoms with E-state index in [0.29, 0.717) is 30.2 Å². The summed E-state index contributed by atoms with van der Waals surface area (Å²) >= 11 is 5.98. The van der Waals surface area contributed by atoms with E-state index in [9.17, 15) is 23.5 Å². The third kappa shape index (κ3) is 4.59. The van der Waals surface area contributed by atoms with Crippen molar-refractivity contribution in [3.63, 3.8) is 0 Å². The van der Waals surface area contributed by atoms with Gasteiger partial charge in [0.1, 0.15) is 17.7 Å². The molecule has 2 aromatic carbocycles. The van der Waals surface area contributed by atoms with Crippen LogP contribution in [0.3, 0.4) is 0 Å². The second-order valence-corrected chi connectivity index (χ2v) is 7.92. The monoisotopic (exact) mass is 464 g/mol. The Kier molecular flexibility index (Phi) is 6.13. The number of carbonyl (C=O) groups is 2. The van der Waals surface area contributed by atoms with E-state index >= 15 is 0 Å². The number of aromatic amines is 1. The minimum atomic E-state index is -1.18. The summed E-state index contributed by atoms with van der Waals surface area (Å²) in [6, 6.07) is 5.44. The van der Waals surface area contributed by atoms with E-state index in [1.54, 1.807) is 0 Å². The Morgan fingerprint density at radius 1 is 1.25 bits per heavy atom. The van der Waals surface area contributed by atoms with Crippen molar-refractivity contribution >= 4 is 40.4 Å². The number of carbonyl (C=O) groups excluding carboxylic acids is 1. The number of nitrogens with one attached hydrogen (secondary N) is 2. The largest absolute Gasteiger partial charge is 0.465 e. The molecule has 0 radical (unpaired) electrons. The maximum Gasteiger partial charge on any atom is 0.412 e. The van der Waals surface area contributed by atoms with E-state index in [1.807, 2.05) is 0 Å². The SMILES string of the molecule is O=C(Nc1cc2cn[nH]c2cc1F)OC(c1cc(F)cc(Cl)c1)C1CCCCN1C(=O)O. The van der Waals surface area contributed by atoms with E-state index in [1.165, 1.54) is 29.3 Å². The van der Waals surface area contributed by atoms with Gasteiger partial charge in [-0.1, -0.05) is 11.6 Å². The van der Waals surface area contributed by atoms with Gasteiger partial charge in [0.05, 0.1) is 23.4 Å². The number of anilines is 1. The summed E-state index contributed by atoms with van der Waals surface area (Å²) in [5.74, 6) is -1.37. The van der Waals surface area contributed by atoms with E-state index in [2.05, 4.69) is 15.5 Å². The van der Waals surface area contributed by atoms with Crippen molar-refractivity contribution in [2.75, 3.05) is 11.9 Å². The lowest BCUT2D eigenvalue weighted by Crippen LogP contribution is -2.47. The van der Waals surface area contributed by atoms with Crippen LogP contribution in [0.15, 0.2) is 36.5 Å². The van der Waals surface area contributed by atoms with Crippen molar-refractivity contribution in [2.45, 2.75) is 31.4 Å². The number of fused-ring (bicyclic) bond motifs is 1. The molecule has 1 aliphatic rings. The first-order chi connectivity index (χ1) is 15.3. The molecule has 2 unspecified atom stereocenters. The Balaban J connectivity index is 1.63. The van der Waals surface area contributed by atoms with Crippen LogP contribution in [0.2, 0.25) is 5.02 Å². The number of amides is 2. The number of H-pyrrole nitrogens is 1. The molecule has 0 saturated carbocycles. The highest BCUT2D eigenvalue weighted by Crippen LogP contribution is 2.34. The number of benzene rings is 2. The van der Waals surface area contributed by atoms with E-state index < -0.39 is 36.0 Å². The number of halogens is 3. The first-order valence-electron chi connectivity index (χ1n) is 9.87. The second kappa shape index (κ2) is 8.99. The van der Waals surface area contributed by atoms with Crippen LogP contribution in [0.5, 0.6) is 0 Å². The van der Waals surface area contributed by atoms with Gasteiger partial charge in [-0.05, 0) is 49.1 Å². The van der Waals surface area contributed by atoms with Crippen molar-refractivity contribution in [2.24, 2.45) is 0 Å². The Morgan fingerprint density at radius 2 is 2.06 bits per heavy atom. The Hall–Kier alpha value is -3.40. The molecule has 0 bridgehead atoms. The predicted molar refractivity (Wildman–Crippen MR) is 113 cm³/mol. The molecular formula is C21H19ClF2N4O4. The van der Waals surface area contributed by atoms with Gasteiger partial charge in [-0.2, -0.15) is 5.10 Å². The Morgan fingerprint density at radius 3 is 2.81 bits per heavy atom. The van der Waals surface area contributed by atoms with Gasteiger partial charge in [-0.25, -0.2) is 18.4 Å². The number of hydrogen-bond donors (Lipinski definition) is 3. The van der Waals surface area contributed by atoms with Gasteiger partial charge < -0.3 is 14.7 Å². The van der Waals surface area contributed by atoms with Gasteiger partial charge in [-0.3, -0.25) is 10.4 Å². The van der Waals surface area contributed by atoms with Crippen LogP contribution < -0.4 is 5.32 Å². The van der Waals surface area contributed by atoms with Crippen molar-refractivity contribution < 1.29 is 28.2 Å². The molecule has 0 spiro atoms. The van der Waals surface area contributed by atoms with Crippen molar-refractivity contribution in [3.05, 3.63) is 58.7 Å². The normalized spacial score (nSPS) is 17.2. The molecule has 3 N–H and O–H groups in total. The Labute approximate surface area is 186 Å². The minimum absolute atomic E-state index is 0.0724. The highest BCUT2D eigenvalue weighted by molar-refractivity contribution is 6.30. The summed E-state index contributed by atoms with van der Waals surface area (Å²) in [7, 11) is 0. The summed E-state index contributed by atoms with van der Waals surface area (Å²) < 4.78 is 34.0. The van der Waals surface area contributed by atoms with Crippen LogP contribution >= 0.6 is 11.6 Å². The maximum absolute atomic E-state index is 14.4. The molecule has 11 heteroatoms. The lowest BCUT2D eigenvalue weighted by Gasteiger charge is -2.38. The third-order valence-electron chi connectivity index (χ3n) is 5.36. The van der Waals surface area contributed by atoms with Crippen LogP contribution in [-0.4, -0.2) is 45.0 Å². The number of hydrogen-bond acceptors (Lipinski definition) is 4. The topological polar surface area (TPSA) is 108 Å². The smallest absolute Gasteiger partial charge is 0.412 e. The van der Waals surface area contributed by atoms with Gasteiger partial charge in [-0.15, -0.1) is 0 Å². The number of aromatic nitrogens is 2. The molecule has 2 heterocycles. The fourth-order valence-electron chi connectivity index (χ4n) is 3.93.